The minimum atomic E-state index is -0.428. The molecule has 0 unspecified atom stereocenters. The number of aliphatic hydroxyl groups is 1. The molecule has 1 aromatic carbocycles. The van der Waals surface area contributed by atoms with Gasteiger partial charge in [0, 0.05) is 31.8 Å². The van der Waals surface area contributed by atoms with Crippen LogP contribution in [-0.2, 0) is 0 Å². The highest BCUT2D eigenvalue weighted by Crippen LogP contribution is 2.17. The lowest BCUT2D eigenvalue weighted by Gasteiger charge is -2.14. The fourth-order valence-corrected chi connectivity index (χ4v) is 2.16. The summed E-state index contributed by atoms with van der Waals surface area (Å²) in [5.41, 5.74) is 0.0680. The quantitative estimate of drug-likeness (QED) is 0.479. The SMILES string of the molecule is O=[N+]([O-])c1ccc(OCCCN2CC[C@H](O)C2)cc1. The summed E-state index contributed by atoms with van der Waals surface area (Å²) in [5.74, 6) is 0.645. The lowest BCUT2D eigenvalue weighted by molar-refractivity contribution is -0.384. The van der Waals surface area contributed by atoms with Gasteiger partial charge in [-0.3, -0.25) is 10.1 Å². The van der Waals surface area contributed by atoms with Gasteiger partial charge < -0.3 is 14.7 Å². The molecule has 1 saturated heterocycles. The third kappa shape index (κ3) is 4.18. The molecule has 0 bridgehead atoms. The fraction of sp³-hybridized carbons (Fsp3) is 0.538. The number of hydrogen-bond acceptors (Lipinski definition) is 5. The molecule has 1 aromatic rings. The van der Waals surface area contributed by atoms with E-state index in [1.807, 2.05) is 0 Å². The third-order valence-corrected chi connectivity index (χ3v) is 3.18. The molecule has 1 aliphatic heterocycles. The van der Waals surface area contributed by atoms with Crippen LogP contribution in [0.5, 0.6) is 5.75 Å². The van der Waals surface area contributed by atoms with E-state index >= 15 is 0 Å². The highest BCUT2D eigenvalue weighted by atomic mass is 16.6. The zero-order valence-corrected chi connectivity index (χ0v) is 10.7. The van der Waals surface area contributed by atoms with Crippen molar-refractivity contribution in [1.82, 2.24) is 4.90 Å². The first-order valence-corrected chi connectivity index (χ1v) is 6.43. The van der Waals surface area contributed by atoms with Crippen LogP contribution in [0.4, 0.5) is 5.69 Å². The van der Waals surface area contributed by atoms with E-state index in [0.29, 0.717) is 12.4 Å². The normalized spacial score (nSPS) is 19.5. The number of β-amino-alcohol motifs (C(OH)–C–C–N with tert-alkyl or cyclic N) is 1. The number of non-ortho nitro benzene ring substituents is 1. The molecule has 0 spiro atoms. The summed E-state index contributed by atoms with van der Waals surface area (Å²) in [6, 6.07) is 6.09. The van der Waals surface area contributed by atoms with E-state index in [-0.39, 0.29) is 11.8 Å². The molecule has 0 radical (unpaired) electrons. The van der Waals surface area contributed by atoms with Crippen molar-refractivity contribution in [3.63, 3.8) is 0 Å². The highest BCUT2D eigenvalue weighted by molar-refractivity contribution is 5.35. The maximum Gasteiger partial charge on any atom is 0.269 e. The van der Waals surface area contributed by atoms with E-state index in [2.05, 4.69) is 4.90 Å². The van der Waals surface area contributed by atoms with Gasteiger partial charge in [0.25, 0.3) is 5.69 Å². The Balaban J connectivity index is 1.66. The van der Waals surface area contributed by atoms with Crippen molar-refractivity contribution >= 4 is 5.69 Å². The van der Waals surface area contributed by atoms with Gasteiger partial charge >= 0.3 is 0 Å². The number of hydrogen-bond donors (Lipinski definition) is 1. The number of nitro benzene ring substituents is 1. The molecule has 19 heavy (non-hydrogen) atoms. The van der Waals surface area contributed by atoms with Gasteiger partial charge in [0.15, 0.2) is 0 Å². The molecule has 1 fully saturated rings. The number of aliphatic hydroxyl groups excluding tert-OH is 1. The van der Waals surface area contributed by atoms with Crippen LogP contribution in [0.15, 0.2) is 24.3 Å². The maximum atomic E-state index is 10.5. The first-order valence-electron chi connectivity index (χ1n) is 6.43. The summed E-state index contributed by atoms with van der Waals surface area (Å²) in [6.07, 6.45) is 1.54. The Labute approximate surface area is 111 Å². The van der Waals surface area contributed by atoms with Crippen LogP contribution in [0.1, 0.15) is 12.8 Å². The molecule has 1 N–H and O–H groups in total. The van der Waals surface area contributed by atoms with Crippen LogP contribution in [0.3, 0.4) is 0 Å². The van der Waals surface area contributed by atoms with Crippen molar-refractivity contribution in [1.29, 1.82) is 0 Å². The van der Waals surface area contributed by atoms with Gasteiger partial charge in [-0.2, -0.15) is 0 Å². The second-order valence-corrected chi connectivity index (χ2v) is 4.70. The summed E-state index contributed by atoms with van der Waals surface area (Å²) in [4.78, 5) is 12.3. The molecular weight excluding hydrogens is 248 g/mol. The Morgan fingerprint density at radius 3 is 2.74 bits per heavy atom. The predicted molar refractivity (Wildman–Crippen MR) is 70.3 cm³/mol. The number of likely N-dealkylation sites (tertiary alicyclic amines) is 1. The highest BCUT2D eigenvalue weighted by Gasteiger charge is 2.19. The topological polar surface area (TPSA) is 75.8 Å². The molecule has 1 heterocycles. The molecule has 0 saturated carbocycles. The third-order valence-electron chi connectivity index (χ3n) is 3.18. The average Bonchev–Trinajstić information content (AvgIpc) is 2.81. The van der Waals surface area contributed by atoms with E-state index in [0.717, 1.165) is 32.5 Å². The van der Waals surface area contributed by atoms with Gasteiger partial charge in [-0.05, 0) is 25.0 Å². The van der Waals surface area contributed by atoms with Crippen molar-refractivity contribution in [2.24, 2.45) is 0 Å². The Morgan fingerprint density at radius 2 is 2.16 bits per heavy atom. The van der Waals surface area contributed by atoms with Crippen LogP contribution in [0.2, 0.25) is 0 Å². The molecular formula is C13H18N2O4. The van der Waals surface area contributed by atoms with Gasteiger partial charge in [0.05, 0.1) is 17.6 Å². The van der Waals surface area contributed by atoms with E-state index in [4.69, 9.17) is 4.74 Å². The van der Waals surface area contributed by atoms with Gasteiger partial charge in [-0.1, -0.05) is 0 Å². The van der Waals surface area contributed by atoms with E-state index in [1.54, 1.807) is 12.1 Å². The molecule has 6 nitrogen and oxygen atoms in total. The smallest absolute Gasteiger partial charge is 0.269 e. The molecule has 0 amide bonds. The minimum Gasteiger partial charge on any atom is -0.494 e. The number of ether oxygens (including phenoxy) is 1. The lowest BCUT2D eigenvalue weighted by Crippen LogP contribution is -2.24. The van der Waals surface area contributed by atoms with Gasteiger partial charge in [0.1, 0.15) is 5.75 Å². The monoisotopic (exact) mass is 266 g/mol. The average molecular weight is 266 g/mol. The van der Waals surface area contributed by atoms with E-state index < -0.39 is 4.92 Å². The summed E-state index contributed by atoms with van der Waals surface area (Å²) in [5, 5.41) is 19.9. The predicted octanol–water partition coefficient (Wildman–Crippen LogP) is 1.43. The number of nitro groups is 1. The largest absolute Gasteiger partial charge is 0.494 e. The minimum absolute atomic E-state index is 0.0680. The number of benzene rings is 1. The van der Waals surface area contributed by atoms with Gasteiger partial charge in [0.2, 0.25) is 0 Å². The number of rotatable bonds is 6. The van der Waals surface area contributed by atoms with Crippen LogP contribution >= 0.6 is 0 Å². The van der Waals surface area contributed by atoms with Crippen molar-refractivity contribution in [3.05, 3.63) is 34.4 Å². The first kappa shape index (κ1) is 13.8. The summed E-state index contributed by atoms with van der Waals surface area (Å²) in [7, 11) is 0. The van der Waals surface area contributed by atoms with E-state index in [1.165, 1.54) is 12.1 Å². The second kappa shape index (κ2) is 6.49. The molecule has 0 aliphatic carbocycles. The molecule has 0 aromatic heterocycles. The van der Waals surface area contributed by atoms with Gasteiger partial charge in [-0.15, -0.1) is 0 Å². The van der Waals surface area contributed by atoms with Crippen LogP contribution in [0, 0.1) is 10.1 Å². The lowest BCUT2D eigenvalue weighted by atomic mass is 10.3. The van der Waals surface area contributed by atoms with Crippen molar-refractivity contribution in [3.8, 4) is 5.75 Å². The molecule has 1 atom stereocenters. The first-order chi connectivity index (χ1) is 9.15. The molecule has 1 aliphatic rings. The summed E-state index contributed by atoms with van der Waals surface area (Å²) < 4.78 is 5.52. The van der Waals surface area contributed by atoms with Crippen LogP contribution in [0.25, 0.3) is 0 Å². The van der Waals surface area contributed by atoms with Crippen LogP contribution < -0.4 is 4.74 Å². The fourth-order valence-electron chi connectivity index (χ4n) is 2.16. The van der Waals surface area contributed by atoms with Crippen molar-refractivity contribution in [2.75, 3.05) is 26.2 Å². The Morgan fingerprint density at radius 1 is 1.42 bits per heavy atom. The Bertz CT molecular complexity index is 421. The maximum absolute atomic E-state index is 10.5. The van der Waals surface area contributed by atoms with Crippen molar-refractivity contribution < 1.29 is 14.8 Å². The second-order valence-electron chi connectivity index (χ2n) is 4.70. The number of nitrogens with zero attached hydrogens (tertiary/aromatic N) is 2. The zero-order valence-electron chi connectivity index (χ0n) is 10.7. The van der Waals surface area contributed by atoms with Crippen molar-refractivity contribution in [2.45, 2.75) is 18.9 Å². The molecule has 104 valence electrons. The molecule has 2 rings (SSSR count). The zero-order chi connectivity index (χ0) is 13.7. The standard InChI is InChI=1S/C13H18N2O4/c16-12-6-8-14(10-12)7-1-9-19-13-4-2-11(3-5-13)15(17)18/h2-5,12,16H,1,6-10H2/t12-/m0/s1. The summed E-state index contributed by atoms with van der Waals surface area (Å²) in [6.45, 7) is 3.17. The van der Waals surface area contributed by atoms with E-state index in [9.17, 15) is 15.2 Å². The summed E-state index contributed by atoms with van der Waals surface area (Å²) >= 11 is 0. The van der Waals surface area contributed by atoms with Gasteiger partial charge in [-0.25, -0.2) is 0 Å². The Hall–Kier alpha value is -1.66. The Kier molecular flexibility index (Phi) is 4.70. The molecule has 6 heteroatoms. The van der Waals surface area contributed by atoms with Crippen LogP contribution in [-0.4, -0.2) is 47.3 Å².